The highest BCUT2D eigenvalue weighted by molar-refractivity contribution is 6.35. The predicted molar refractivity (Wildman–Crippen MR) is 101 cm³/mol. The lowest BCUT2D eigenvalue weighted by Crippen LogP contribution is -2.41. The third-order valence-electron chi connectivity index (χ3n) is 3.68. The van der Waals surface area contributed by atoms with Crippen LogP contribution in [0.5, 0.6) is 5.75 Å². The molecule has 0 aliphatic heterocycles. The van der Waals surface area contributed by atoms with Gasteiger partial charge in [0.1, 0.15) is 12.4 Å². The summed E-state index contributed by atoms with van der Waals surface area (Å²) in [5, 5.41) is 6.39. The summed E-state index contributed by atoms with van der Waals surface area (Å²) >= 11 is 0. The fraction of sp³-hybridized carbons (Fsp3) is 0.250. The molecular weight excluding hydrogens is 330 g/mol. The molecule has 0 aromatic heterocycles. The van der Waals surface area contributed by atoms with Crippen LogP contribution in [0.15, 0.2) is 59.7 Å². The van der Waals surface area contributed by atoms with Crippen molar-refractivity contribution in [1.82, 2.24) is 10.7 Å². The van der Waals surface area contributed by atoms with Crippen LogP contribution in [0, 0.1) is 0 Å². The molecule has 0 bridgehead atoms. The van der Waals surface area contributed by atoms with E-state index in [2.05, 4.69) is 15.8 Å². The van der Waals surface area contributed by atoms with Gasteiger partial charge in [0.2, 0.25) is 0 Å². The molecule has 6 heteroatoms. The van der Waals surface area contributed by atoms with Gasteiger partial charge in [-0.25, -0.2) is 5.43 Å². The van der Waals surface area contributed by atoms with E-state index < -0.39 is 11.8 Å². The van der Waals surface area contributed by atoms with E-state index in [4.69, 9.17) is 4.74 Å². The van der Waals surface area contributed by atoms with Crippen LogP contribution in [-0.2, 0) is 16.2 Å². The maximum atomic E-state index is 11.6. The first-order valence-corrected chi connectivity index (χ1v) is 8.49. The molecule has 26 heavy (non-hydrogen) atoms. The number of ether oxygens (including phenoxy) is 1. The minimum Gasteiger partial charge on any atom is -0.489 e. The van der Waals surface area contributed by atoms with E-state index in [-0.39, 0.29) is 6.04 Å². The van der Waals surface area contributed by atoms with Crippen molar-refractivity contribution in [2.24, 2.45) is 5.10 Å². The Morgan fingerprint density at radius 2 is 1.88 bits per heavy atom. The zero-order valence-corrected chi connectivity index (χ0v) is 14.9. The highest BCUT2D eigenvalue weighted by atomic mass is 16.5. The highest BCUT2D eigenvalue weighted by Gasteiger charge is 2.14. The van der Waals surface area contributed by atoms with Crippen LogP contribution >= 0.6 is 0 Å². The molecule has 0 unspecified atom stereocenters. The minimum atomic E-state index is -0.793. The molecule has 0 saturated carbocycles. The van der Waals surface area contributed by atoms with Crippen molar-refractivity contribution in [1.29, 1.82) is 0 Å². The van der Waals surface area contributed by atoms with Gasteiger partial charge in [0.15, 0.2) is 0 Å². The molecule has 2 amide bonds. The number of amides is 2. The second-order valence-electron chi connectivity index (χ2n) is 5.83. The topological polar surface area (TPSA) is 79.8 Å². The molecule has 2 rings (SSSR count). The average Bonchev–Trinajstić information content (AvgIpc) is 2.67. The Kier molecular flexibility index (Phi) is 7.36. The lowest BCUT2D eigenvalue weighted by atomic mass is 10.2. The Morgan fingerprint density at radius 1 is 1.12 bits per heavy atom. The Labute approximate surface area is 153 Å². The van der Waals surface area contributed by atoms with Gasteiger partial charge in [-0.2, -0.15) is 5.10 Å². The molecule has 0 spiro atoms. The number of carbonyl (C=O) groups is 2. The van der Waals surface area contributed by atoms with Crippen LogP contribution in [0.2, 0.25) is 0 Å². The van der Waals surface area contributed by atoms with Crippen molar-refractivity contribution in [2.45, 2.75) is 32.9 Å². The van der Waals surface area contributed by atoms with Gasteiger partial charge in [-0.15, -0.1) is 0 Å². The SMILES string of the molecule is CC[C@H](C)NC(=O)C(=O)N/N=C\c1cccc(OCc2ccccc2)c1. The van der Waals surface area contributed by atoms with Crippen molar-refractivity contribution in [3.05, 3.63) is 65.7 Å². The molecule has 136 valence electrons. The van der Waals surface area contributed by atoms with Gasteiger partial charge < -0.3 is 10.1 Å². The third kappa shape index (κ3) is 6.39. The van der Waals surface area contributed by atoms with Crippen molar-refractivity contribution < 1.29 is 14.3 Å². The average molecular weight is 353 g/mol. The van der Waals surface area contributed by atoms with Gasteiger partial charge in [-0.05, 0) is 36.6 Å². The Bertz CT molecular complexity index is 760. The van der Waals surface area contributed by atoms with Crippen LogP contribution in [-0.4, -0.2) is 24.1 Å². The van der Waals surface area contributed by atoms with Crippen LogP contribution < -0.4 is 15.5 Å². The maximum absolute atomic E-state index is 11.6. The summed E-state index contributed by atoms with van der Waals surface area (Å²) in [5.41, 5.74) is 4.04. The number of nitrogens with one attached hydrogen (secondary N) is 2. The molecule has 6 nitrogen and oxygen atoms in total. The third-order valence-corrected chi connectivity index (χ3v) is 3.68. The Morgan fingerprint density at radius 3 is 2.62 bits per heavy atom. The van der Waals surface area contributed by atoms with Crippen LogP contribution in [0.3, 0.4) is 0 Å². The van der Waals surface area contributed by atoms with Gasteiger partial charge in [0.05, 0.1) is 6.21 Å². The van der Waals surface area contributed by atoms with Gasteiger partial charge in [0.25, 0.3) is 0 Å². The summed E-state index contributed by atoms with van der Waals surface area (Å²) < 4.78 is 5.74. The first kappa shape index (κ1) is 19.2. The van der Waals surface area contributed by atoms with Crippen molar-refractivity contribution in [3.8, 4) is 5.75 Å². The first-order chi connectivity index (χ1) is 12.6. The van der Waals surface area contributed by atoms with E-state index in [1.165, 1.54) is 6.21 Å². The van der Waals surface area contributed by atoms with Crippen molar-refractivity contribution in [3.63, 3.8) is 0 Å². The molecule has 1 atom stereocenters. The lowest BCUT2D eigenvalue weighted by molar-refractivity contribution is -0.139. The molecule has 0 aliphatic carbocycles. The van der Waals surface area contributed by atoms with Crippen LogP contribution in [0.25, 0.3) is 0 Å². The van der Waals surface area contributed by atoms with Crippen LogP contribution in [0.4, 0.5) is 0 Å². The minimum absolute atomic E-state index is 0.0596. The zero-order valence-electron chi connectivity index (χ0n) is 14.9. The van der Waals surface area contributed by atoms with Gasteiger partial charge in [0, 0.05) is 6.04 Å². The fourth-order valence-electron chi connectivity index (χ4n) is 2.03. The van der Waals surface area contributed by atoms with E-state index in [1.807, 2.05) is 62.4 Å². The maximum Gasteiger partial charge on any atom is 0.329 e. The number of hydrogen-bond donors (Lipinski definition) is 2. The molecule has 2 aromatic carbocycles. The number of benzene rings is 2. The molecular formula is C20H23N3O3. The molecule has 0 heterocycles. The highest BCUT2D eigenvalue weighted by Crippen LogP contribution is 2.14. The molecule has 0 aliphatic rings. The van der Waals surface area contributed by atoms with E-state index in [1.54, 1.807) is 6.07 Å². The standard InChI is InChI=1S/C20H23N3O3/c1-3-15(2)22-19(24)20(25)23-21-13-17-10-7-11-18(12-17)26-14-16-8-5-4-6-9-16/h4-13,15H,3,14H2,1-2H3,(H,22,24)(H,23,25)/b21-13-/t15-/m0/s1. The summed E-state index contributed by atoms with van der Waals surface area (Å²) in [6.45, 7) is 4.22. The zero-order chi connectivity index (χ0) is 18.8. The van der Waals surface area contributed by atoms with E-state index in [9.17, 15) is 9.59 Å². The normalized spacial score (nSPS) is 11.8. The fourth-order valence-corrected chi connectivity index (χ4v) is 2.03. The molecule has 2 N–H and O–H groups in total. The monoisotopic (exact) mass is 353 g/mol. The molecule has 0 saturated heterocycles. The second-order valence-corrected chi connectivity index (χ2v) is 5.83. The number of nitrogens with zero attached hydrogens (tertiary/aromatic N) is 1. The summed E-state index contributed by atoms with van der Waals surface area (Å²) in [7, 11) is 0. The quantitative estimate of drug-likeness (QED) is 0.456. The van der Waals surface area contributed by atoms with Crippen molar-refractivity contribution >= 4 is 18.0 Å². The van der Waals surface area contributed by atoms with Crippen LogP contribution in [0.1, 0.15) is 31.4 Å². The first-order valence-electron chi connectivity index (χ1n) is 8.49. The second kappa shape index (κ2) is 9.98. The van der Waals surface area contributed by atoms with Gasteiger partial charge >= 0.3 is 11.8 Å². The molecule has 0 radical (unpaired) electrons. The smallest absolute Gasteiger partial charge is 0.329 e. The summed E-state index contributed by atoms with van der Waals surface area (Å²) in [6, 6.07) is 17.1. The van der Waals surface area contributed by atoms with E-state index in [0.717, 1.165) is 17.5 Å². The Hall–Kier alpha value is -3.15. The molecule has 0 fully saturated rings. The van der Waals surface area contributed by atoms with E-state index in [0.29, 0.717) is 12.4 Å². The number of carbonyl (C=O) groups excluding carboxylic acids is 2. The lowest BCUT2D eigenvalue weighted by Gasteiger charge is -2.09. The van der Waals surface area contributed by atoms with Gasteiger partial charge in [-0.3, -0.25) is 9.59 Å². The van der Waals surface area contributed by atoms with Crippen molar-refractivity contribution in [2.75, 3.05) is 0 Å². The number of hydrazone groups is 1. The summed E-state index contributed by atoms with van der Waals surface area (Å²) in [4.78, 5) is 23.3. The predicted octanol–water partition coefficient (Wildman–Crippen LogP) is 2.63. The largest absolute Gasteiger partial charge is 0.489 e. The summed E-state index contributed by atoms with van der Waals surface area (Å²) in [5.74, 6) is -0.798. The number of hydrogen-bond acceptors (Lipinski definition) is 4. The summed E-state index contributed by atoms with van der Waals surface area (Å²) in [6.07, 6.45) is 2.21. The van der Waals surface area contributed by atoms with E-state index >= 15 is 0 Å². The number of rotatable bonds is 7. The van der Waals surface area contributed by atoms with Gasteiger partial charge in [-0.1, -0.05) is 49.4 Å². The molecule has 2 aromatic rings. The Balaban J connectivity index is 1.86.